The smallest absolute Gasteiger partial charge is 0.202 e. The first-order valence-corrected chi connectivity index (χ1v) is 7.10. The highest BCUT2D eigenvalue weighted by atomic mass is 79.9. The van der Waals surface area contributed by atoms with Crippen LogP contribution in [0.25, 0.3) is 21.8 Å². The molecule has 0 saturated heterocycles. The van der Waals surface area contributed by atoms with Crippen molar-refractivity contribution >= 4 is 37.7 Å². The Balaban J connectivity index is 2.31. The van der Waals surface area contributed by atoms with Crippen molar-refractivity contribution in [3.05, 3.63) is 38.8 Å². The maximum Gasteiger partial charge on any atom is 0.202 e. The van der Waals surface area contributed by atoms with Gasteiger partial charge in [-0.15, -0.1) is 0 Å². The number of pyridine rings is 1. The van der Waals surface area contributed by atoms with E-state index < -0.39 is 5.82 Å². The minimum absolute atomic E-state index is 0.162. The van der Waals surface area contributed by atoms with E-state index in [1.54, 1.807) is 12.3 Å². The average Bonchev–Trinajstić information content (AvgIpc) is 3.16. The number of aromatic hydroxyl groups is 1. The molecule has 0 bridgehead atoms. The third kappa shape index (κ3) is 1.48. The lowest BCUT2D eigenvalue weighted by Crippen LogP contribution is -2.10. The molecule has 0 unspecified atom stereocenters. The van der Waals surface area contributed by atoms with Gasteiger partial charge >= 0.3 is 0 Å². The molecule has 0 atom stereocenters. The van der Waals surface area contributed by atoms with Crippen molar-refractivity contribution in [2.24, 2.45) is 0 Å². The first-order valence-electron chi connectivity index (χ1n) is 6.31. The Morgan fingerprint density at radius 3 is 2.80 bits per heavy atom. The third-order valence-corrected chi connectivity index (χ3v) is 4.39. The molecule has 2 N–H and O–H groups in total. The van der Waals surface area contributed by atoms with E-state index in [1.807, 2.05) is 4.57 Å². The van der Waals surface area contributed by atoms with Crippen LogP contribution in [0.5, 0.6) is 5.88 Å². The summed E-state index contributed by atoms with van der Waals surface area (Å²) >= 11 is 3.17. The Hall–Kier alpha value is -1.82. The molecule has 0 amide bonds. The maximum atomic E-state index is 13.7. The van der Waals surface area contributed by atoms with E-state index in [9.17, 15) is 14.3 Å². The van der Waals surface area contributed by atoms with Crippen molar-refractivity contribution in [3.8, 4) is 5.88 Å². The zero-order valence-electron chi connectivity index (χ0n) is 10.3. The van der Waals surface area contributed by atoms with Crippen molar-refractivity contribution in [3.63, 3.8) is 0 Å². The van der Waals surface area contributed by atoms with Crippen molar-refractivity contribution in [2.75, 3.05) is 0 Å². The van der Waals surface area contributed by atoms with E-state index >= 15 is 0 Å². The molecular weight excluding hydrogens is 327 g/mol. The number of H-pyrrole nitrogens is 1. The lowest BCUT2D eigenvalue weighted by Gasteiger charge is -2.12. The molecule has 1 fully saturated rings. The fourth-order valence-electron chi connectivity index (χ4n) is 2.72. The molecule has 6 heteroatoms. The highest BCUT2D eigenvalue weighted by Gasteiger charge is 2.28. The second kappa shape index (κ2) is 3.85. The van der Waals surface area contributed by atoms with Crippen LogP contribution in [0.4, 0.5) is 4.39 Å². The molecule has 1 aliphatic rings. The summed E-state index contributed by atoms with van der Waals surface area (Å²) in [6.07, 6.45) is 3.67. The lowest BCUT2D eigenvalue weighted by molar-refractivity contribution is 0.462. The van der Waals surface area contributed by atoms with Crippen LogP contribution in [-0.2, 0) is 0 Å². The van der Waals surface area contributed by atoms with Crippen LogP contribution in [0.2, 0.25) is 0 Å². The van der Waals surface area contributed by atoms with Crippen LogP contribution in [0.3, 0.4) is 0 Å². The first-order chi connectivity index (χ1) is 9.58. The highest BCUT2D eigenvalue weighted by molar-refractivity contribution is 9.10. The number of rotatable bonds is 1. The van der Waals surface area contributed by atoms with E-state index in [1.165, 1.54) is 6.07 Å². The fraction of sp³-hybridized carbons (Fsp3) is 0.214. The van der Waals surface area contributed by atoms with Gasteiger partial charge in [0.2, 0.25) is 11.3 Å². The standard InChI is InChI=1S/C14H10BrFN2O2/c15-8-4-10-7(3-9(8)16)13(19)12-11(5-17-14(12)20)18(10)6-1-2-6/h3-6,17,20H,1-2H2. The summed E-state index contributed by atoms with van der Waals surface area (Å²) in [5.41, 5.74) is 1.01. The van der Waals surface area contributed by atoms with Crippen molar-refractivity contribution in [1.29, 1.82) is 0 Å². The van der Waals surface area contributed by atoms with Gasteiger partial charge in [0.25, 0.3) is 0 Å². The minimum Gasteiger partial charge on any atom is -0.494 e. The summed E-state index contributed by atoms with van der Waals surface area (Å²) in [6.45, 7) is 0. The largest absolute Gasteiger partial charge is 0.494 e. The monoisotopic (exact) mass is 336 g/mol. The van der Waals surface area contributed by atoms with Gasteiger partial charge in [-0.2, -0.15) is 0 Å². The molecule has 2 heterocycles. The van der Waals surface area contributed by atoms with Crippen molar-refractivity contribution in [1.82, 2.24) is 9.55 Å². The predicted octanol–water partition coefficient (Wildman–Crippen LogP) is 3.42. The van der Waals surface area contributed by atoms with E-state index in [0.717, 1.165) is 12.8 Å². The van der Waals surface area contributed by atoms with Gasteiger partial charge in [-0.3, -0.25) is 4.79 Å². The Labute approximate surface area is 121 Å². The third-order valence-electron chi connectivity index (χ3n) is 3.78. The van der Waals surface area contributed by atoms with Gasteiger partial charge in [-0.05, 0) is 40.9 Å². The maximum absolute atomic E-state index is 13.7. The molecule has 0 radical (unpaired) electrons. The molecule has 1 aromatic carbocycles. The summed E-state index contributed by atoms with van der Waals surface area (Å²) in [5.74, 6) is -0.643. The van der Waals surface area contributed by atoms with Gasteiger partial charge in [0.15, 0.2) is 0 Å². The Bertz CT molecular complexity index is 924. The van der Waals surface area contributed by atoms with Crippen LogP contribution in [-0.4, -0.2) is 14.7 Å². The molecule has 1 aliphatic carbocycles. The van der Waals surface area contributed by atoms with Crippen molar-refractivity contribution in [2.45, 2.75) is 18.9 Å². The van der Waals surface area contributed by atoms with E-state index in [2.05, 4.69) is 20.9 Å². The number of benzene rings is 1. The number of hydrogen-bond donors (Lipinski definition) is 2. The summed E-state index contributed by atoms with van der Waals surface area (Å²) in [5, 5.41) is 10.3. The van der Waals surface area contributed by atoms with Crippen LogP contribution in [0, 0.1) is 5.82 Å². The predicted molar refractivity (Wildman–Crippen MR) is 77.7 cm³/mol. The topological polar surface area (TPSA) is 58.0 Å². The molecule has 0 aliphatic heterocycles. The number of halogens is 2. The molecule has 0 spiro atoms. The zero-order chi connectivity index (χ0) is 14.0. The molecule has 102 valence electrons. The number of aromatic amines is 1. The van der Waals surface area contributed by atoms with E-state index in [-0.39, 0.29) is 16.7 Å². The van der Waals surface area contributed by atoms with Crippen LogP contribution in [0.15, 0.2) is 27.6 Å². The second-order valence-corrected chi connectivity index (χ2v) is 5.97. The molecule has 2 aromatic heterocycles. The molecule has 20 heavy (non-hydrogen) atoms. The SMILES string of the molecule is O=c1c2cc(F)c(Br)cc2n(C2CC2)c2c[nH]c(O)c12. The van der Waals surface area contributed by atoms with E-state index in [0.29, 0.717) is 26.9 Å². The highest BCUT2D eigenvalue weighted by Crippen LogP contribution is 2.41. The summed E-state index contributed by atoms with van der Waals surface area (Å²) in [4.78, 5) is 15.1. The van der Waals surface area contributed by atoms with Crippen LogP contribution < -0.4 is 5.43 Å². The average molecular weight is 337 g/mol. The number of aromatic nitrogens is 2. The number of fused-ring (bicyclic) bond motifs is 2. The summed E-state index contributed by atoms with van der Waals surface area (Å²) < 4.78 is 16.1. The summed E-state index contributed by atoms with van der Waals surface area (Å²) in [7, 11) is 0. The Morgan fingerprint density at radius 2 is 2.10 bits per heavy atom. The van der Waals surface area contributed by atoms with Crippen LogP contribution in [0.1, 0.15) is 18.9 Å². The van der Waals surface area contributed by atoms with Gasteiger partial charge in [-0.25, -0.2) is 4.39 Å². The molecule has 4 nitrogen and oxygen atoms in total. The normalized spacial score (nSPS) is 15.3. The zero-order valence-corrected chi connectivity index (χ0v) is 11.9. The molecular formula is C14H10BrFN2O2. The fourth-order valence-corrected chi connectivity index (χ4v) is 3.06. The molecule has 1 saturated carbocycles. The van der Waals surface area contributed by atoms with Gasteiger partial charge in [0.05, 0.1) is 15.5 Å². The number of nitrogens with one attached hydrogen (secondary N) is 1. The van der Waals surface area contributed by atoms with Gasteiger partial charge in [0, 0.05) is 17.6 Å². The Morgan fingerprint density at radius 1 is 1.35 bits per heavy atom. The Kier molecular flexibility index (Phi) is 2.30. The lowest BCUT2D eigenvalue weighted by atomic mass is 10.1. The minimum atomic E-state index is -0.480. The molecule has 4 rings (SSSR count). The van der Waals surface area contributed by atoms with Gasteiger partial charge in [0.1, 0.15) is 11.2 Å². The van der Waals surface area contributed by atoms with Gasteiger partial charge < -0.3 is 14.7 Å². The quantitative estimate of drug-likeness (QED) is 0.715. The van der Waals surface area contributed by atoms with E-state index in [4.69, 9.17) is 0 Å². The number of nitrogens with zero attached hydrogens (tertiary/aromatic N) is 1. The van der Waals surface area contributed by atoms with Gasteiger partial charge in [-0.1, -0.05) is 0 Å². The first kappa shape index (κ1) is 12.0. The summed E-state index contributed by atoms with van der Waals surface area (Å²) in [6, 6.07) is 3.16. The number of hydrogen-bond acceptors (Lipinski definition) is 2. The second-order valence-electron chi connectivity index (χ2n) is 5.11. The molecule has 3 aromatic rings. The van der Waals surface area contributed by atoms with Crippen LogP contribution >= 0.6 is 15.9 Å². The van der Waals surface area contributed by atoms with Crippen molar-refractivity contribution < 1.29 is 9.50 Å².